The van der Waals surface area contributed by atoms with Crippen molar-refractivity contribution < 1.29 is 5.48 Å². The van der Waals surface area contributed by atoms with Crippen LogP contribution in [0.3, 0.4) is 0 Å². The van der Waals surface area contributed by atoms with Gasteiger partial charge in [0.2, 0.25) is 0 Å². The summed E-state index contributed by atoms with van der Waals surface area (Å²) in [5.74, 6) is 0. The molecule has 0 aliphatic carbocycles. The Morgan fingerprint density at radius 1 is 0.824 bits per heavy atom. The molecule has 0 aliphatic rings. The first kappa shape index (κ1) is 7.29. The molecule has 0 atom stereocenters. The molecule has 0 heteroatoms. The fraction of sp³-hybridized carbons (Fsp3) is 0.0588. The molecule has 0 N–H and O–H groups in total. The van der Waals surface area contributed by atoms with Crippen LogP contribution in [0.15, 0.2) is 78.8 Å². The monoisotopic (exact) mass is 224 g/mol. The largest absolute Gasteiger partial charge is 0.0801 e. The van der Waals surface area contributed by atoms with Crippen LogP contribution >= 0.6 is 0 Å². The van der Waals surface area contributed by atoms with E-state index >= 15 is 0 Å². The number of benzene rings is 2. The SMILES string of the molecule is [2H]C(Cc1ccccc1)=C([2H])C([2H])=C([2H])c1ccccc1. The van der Waals surface area contributed by atoms with Crippen molar-refractivity contribution in [3.8, 4) is 0 Å². The van der Waals surface area contributed by atoms with Gasteiger partial charge in [0.1, 0.15) is 0 Å². The highest BCUT2D eigenvalue weighted by atomic mass is 13.9. The second kappa shape index (κ2) is 6.49. The van der Waals surface area contributed by atoms with Crippen molar-refractivity contribution in [3.05, 3.63) is 89.9 Å². The molecule has 17 heavy (non-hydrogen) atoms. The van der Waals surface area contributed by atoms with Crippen LogP contribution in [0, 0.1) is 0 Å². The van der Waals surface area contributed by atoms with E-state index in [2.05, 4.69) is 0 Å². The van der Waals surface area contributed by atoms with E-state index in [9.17, 15) is 0 Å². The van der Waals surface area contributed by atoms with E-state index < -0.39 is 0 Å². The van der Waals surface area contributed by atoms with E-state index in [1.165, 1.54) is 0 Å². The molecule has 0 heterocycles. The van der Waals surface area contributed by atoms with Crippen LogP contribution in [0.4, 0.5) is 0 Å². The molecule has 0 saturated carbocycles. The van der Waals surface area contributed by atoms with Gasteiger partial charge in [-0.2, -0.15) is 0 Å². The second-order valence-electron chi connectivity index (χ2n) is 3.58. The molecule has 2 aromatic carbocycles. The highest BCUT2D eigenvalue weighted by Gasteiger charge is 1.84. The molecule has 0 nitrogen and oxygen atoms in total. The van der Waals surface area contributed by atoms with Gasteiger partial charge in [-0.1, -0.05) is 84.9 Å². The summed E-state index contributed by atoms with van der Waals surface area (Å²) in [5, 5.41) is 0. The fourth-order valence-electron chi connectivity index (χ4n) is 1.41. The van der Waals surface area contributed by atoms with Crippen LogP contribution in [-0.2, 0) is 6.42 Å². The molecule has 0 radical (unpaired) electrons. The van der Waals surface area contributed by atoms with Gasteiger partial charge in [-0.25, -0.2) is 0 Å². The highest BCUT2D eigenvalue weighted by Crippen LogP contribution is 2.02. The Kier molecular flexibility index (Phi) is 2.78. The Morgan fingerprint density at radius 2 is 1.47 bits per heavy atom. The number of hydrogen-bond acceptors (Lipinski definition) is 0. The summed E-state index contributed by atoms with van der Waals surface area (Å²) in [7, 11) is 0. The minimum absolute atomic E-state index is 0.0292. The maximum Gasteiger partial charge on any atom is 0.0629 e. The molecule has 0 fully saturated rings. The zero-order valence-corrected chi connectivity index (χ0v) is 9.48. The molecule has 0 aliphatic heterocycles. The van der Waals surface area contributed by atoms with Gasteiger partial charge in [0.05, 0.1) is 5.48 Å². The van der Waals surface area contributed by atoms with Crippen LogP contribution in [0.25, 0.3) is 6.05 Å². The average Bonchev–Trinajstić information content (AvgIpc) is 2.54. The smallest absolute Gasteiger partial charge is 0.0629 e. The summed E-state index contributed by atoms with van der Waals surface area (Å²) in [6, 6.07) is 17.9. The van der Waals surface area contributed by atoms with Crippen molar-refractivity contribution >= 4 is 6.05 Å². The maximum atomic E-state index is 7.98. The van der Waals surface area contributed by atoms with E-state index in [4.69, 9.17) is 5.48 Å². The predicted octanol–water partition coefficient (Wildman–Crippen LogP) is 4.50. The topological polar surface area (TPSA) is 0 Å². The minimum Gasteiger partial charge on any atom is -0.0801 e. The van der Waals surface area contributed by atoms with E-state index in [0.717, 1.165) is 5.56 Å². The third-order valence-corrected chi connectivity index (χ3v) is 2.27. The molecule has 0 saturated heterocycles. The van der Waals surface area contributed by atoms with E-state index in [1.54, 1.807) is 24.3 Å². The number of hydrogen-bond donors (Lipinski definition) is 0. The van der Waals surface area contributed by atoms with Crippen LogP contribution in [-0.4, -0.2) is 0 Å². The lowest BCUT2D eigenvalue weighted by molar-refractivity contribution is 1.27. The summed E-state index contributed by atoms with van der Waals surface area (Å²) >= 11 is 0. The Labute approximate surface area is 109 Å². The summed E-state index contributed by atoms with van der Waals surface area (Å²) < 4.78 is 31.8. The van der Waals surface area contributed by atoms with Crippen molar-refractivity contribution in [2.24, 2.45) is 0 Å². The van der Waals surface area contributed by atoms with E-state index in [0.29, 0.717) is 12.0 Å². The minimum atomic E-state index is -0.220. The van der Waals surface area contributed by atoms with Gasteiger partial charge >= 0.3 is 0 Å². The zero-order chi connectivity index (χ0) is 15.2. The molecule has 0 aromatic heterocycles. The highest BCUT2D eigenvalue weighted by molar-refractivity contribution is 5.50. The van der Waals surface area contributed by atoms with Crippen LogP contribution in [0.5, 0.6) is 0 Å². The van der Waals surface area contributed by atoms with Gasteiger partial charge in [-0.05, 0) is 17.5 Å². The van der Waals surface area contributed by atoms with Crippen LogP contribution < -0.4 is 0 Å². The summed E-state index contributed by atoms with van der Waals surface area (Å²) in [6.07, 6.45) is 0.296. The third kappa shape index (κ3) is 4.12. The van der Waals surface area contributed by atoms with Gasteiger partial charge in [-0.15, -0.1) is 0 Å². The molecule has 0 unspecified atom stereocenters. The van der Waals surface area contributed by atoms with Crippen molar-refractivity contribution in [2.45, 2.75) is 6.42 Å². The molecular formula is C17H16. The molecular weight excluding hydrogens is 204 g/mol. The van der Waals surface area contributed by atoms with Crippen molar-refractivity contribution in [2.75, 3.05) is 0 Å². The first-order valence-corrected chi connectivity index (χ1v) is 5.53. The molecule has 0 amide bonds. The summed E-state index contributed by atoms with van der Waals surface area (Å²) in [5.41, 5.74) is 1.51. The Morgan fingerprint density at radius 3 is 2.18 bits per heavy atom. The normalized spacial score (nSPS) is 16.9. The fourth-order valence-corrected chi connectivity index (χ4v) is 1.41. The quantitative estimate of drug-likeness (QED) is 0.671. The van der Waals surface area contributed by atoms with Gasteiger partial charge in [0.25, 0.3) is 0 Å². The van der Waals surface area contributed by atoms with Crippen molar-refractivity contribution in [1.82, 2.24) is 0 Å². The third-order valence-electron chi connectivity index (χ3n) is 2.27. The lowest BCUT2D eigenvalue weighted by Crippen LogP contribution is -1.77. The number of rotatable bonds is 4. The molecule has 2 aromatic rings. The van der Waals surface area contributed by atoms with Gasteiger partial charge in [0.15, 0.2) is 0 Å². The summed E-state index contributed by atoms with van der Waals surface area (Å²) in [6.45, 7) is 0. The number of allylic oxidation sites excluding steroid dienone is 3. The van der Waals surface area contributed by atoms with Gasteiger partial charge in [-0.3, -0.25) is 0 Å². The Bertz CT molecular complexity index is 658. The van der Waals surface area contributed by atoms with Crippen LogP contribution in [0.2, 0.25) is 0 Å². The first-order chi connectivity index (χ1) is 10.1. The molecule has 0 spiro atoms. The predicted molar refractivity (Wildman–Crippen MR) is 74.8 cm³/mol. The lowest BCUT2D eigenvalue weighted by Gasteiger charge is -1.93. The summed E-state index contributed by atoms with van der Waals surface area (Å²) in [4.78, 5) is 0. The van der Waals surface area contributed by atoms with E-state index in [1.807, 2.05) is 36.4 Å². The standard InChI is InChI=1S/C17H16/c1-4-10-16(11-5-1)14-8-3-9-15-17-12-6-2-7-13-17/h1-14H,15H2/i3D,8D,9D,14D. The van der Waals surface area contributed by atoms with Crippen LogP contribution in [0.1, 0.15) is 16.6 Å². The van der Waals surface area contributed by atoms with E-state index in [-0.39, 0.29) is 24.2 Å². The average molecular weight is 224 g/mol. The van der Waals surface area contributed by atoms with Gasteiger partial charge in [0, 0.05) is 0 Å². The Hall–Kier alpha value is -2.08. The Balaban J connectivity index is 2.29. The zero-order valence-electron chi connectivity index (χ0n) is 13.5. The second-order valence-corrected chi connectivity index (χ2v) is 3.58. The maximum absolute atomic E-state index is 7.98. The molecule has 0 bridgehead atoms. The molecule has 84 valence electrons. The molecule has 2 rings (SSSR count). The van der Waals surface area contributed by atoms with Crippen molar-refractivity contribution in [3.63, 3.8) is 0 Å². The van der Waals surface area contributed by atoms with Gasteiger partial charge < -0.3 is 0 Å². The lowest BCUT2D eigenvalue weighted by atomic mass is 10.1. The van der Waals surface area contributed by atoms with Crippen molar-refractivity contribution in [1.29, 1.82) is 0 Å². The first-order valence-electron chi connectivity index (χ1n) is 7.53.